The number of hydrogen-bond acceptors (Lipinski definition) is 5. The van der Waals surface area contributed by atoms with E-state index < -0.39 is 10.0 Å². The summed E-state index contributed by atoms with van der Waals surface area (Å²) in [6.07, 6.45) is 2.13. The Bertz CT molecular complexity index is 660. The topological polar surface area (TPSA) is 84.9 Å². The lowest BCUT2D eigenvalue weighted by molar-refractivity contribution is -0.121. The average molecular weight is 342 g/mol. The first-order chi connectivity index (χ1) is 10.9. The molecule has 0 aromatic heterocycles. The molecule has 0 saturated carbocycles. The number of hydrogen-bond donors (Lipinski definition) is 1. The molecule has 1 N–H and O–H groups in total. The molecule has 0 aliphatic carbocycles. The highest BCUT2D eigenvalue weighted by Crippen LogP contribution is 2.32. The number of benzene rings is 1. The second-order valence-electron chi connectivity index (χ2n) is 5.38. The summed E-state index contributed by atoms with van der Waals surface area (Å²) in [6, 6.07) is 5.31. The fourth-order valence-electron chi connectivity index (χ4n) is 2.18. The van der Waals surface area contributed by atoms with Crippen LogP contribution in [0, 0.1) is 0 Å². The van der Waals surface area contributed by atoms with Gasteiger partial charge < -0.3 is 14.8 Å². The smallest absolute Gasteiger partial charge is 0.231 e. The Morgan fingerprint density at radius 2 is 2.04 bits per heavy atom. The van der Waals surface area contributed by atoms with Crippen molar-refractivity contribution in [2.45, 2.75) is 26.3 Å². The number of fused-ring (bicyclic) bond motifs is 1. The van der Waals surface area contributed by atoms with Crippen molar-refractivity contribution < 1.29 is 22.7 Å². The van der Waals surface area contributed by atoms with Crippen molar-refractivity contribution in [3.8, 4) is 11.5 Å². The first kappa shape index (κ1) is 17.6. The summed E-state index contributed by atoms with van der Waals surface area (Å²) in [5.74, 6) is 1.11. The first-order valence-electron chi connectivity index (χ1n) is 7.50. The van der Waals surface area contributed by atoms with Gasteiger partial charge in [-0.2, -0.15) is 4.31 Å². The van der Waals surface area contributed by atoms with E-state index in [1.54, 1.807) is 18.2 Å². The molecule has 1 aromatic carbocycles. The molecule has 7 nitrogen and oxygen atoms in total. The lowest BCUT2D eigenvalue weighted by Gasteiger charge is -2.20. The molecule has 0 atom stereocenters. The summed E-state index contributed by atoms with van der Waals surface area (Å²) in [5, 5.41) is 2.74. The van der Waals surface area contributed by atoms with Gasteiger partial charge in [0.05, 0.1) is 6.26 Å². The van der Waals surface area contributed by atoms with Crippen LogP contribution in [0.5, 0.6) is 11.5 Å². The van der Waals surface area contributed by atoms with Crippen molar-refractivity contribution in [2.24, 2.45) is 0 Å². The number of carbonyl (C=O) groups is 1. The highest BCUT2D eigenvalue weighted by atomic mass is 32.2. The molecule has 1 aliphatic heterocycles. The summed E-state index contributed by atoms with van der Waals surface area (Å²) in [4.78, 5) is 11.7. The number of carbonyl (C=O) groups excluding carboxylic acids is 1. The molecule has 1 aliphatic rings. The summed E-state index contributed by atoms with van der Waals surface area (Å²) in [6.45, 7) is 3.06. The van der Waals surface area contributed by atoms with Gasteiger partial charge in [0, 0.05) is 26.1 Å². The Morgan fingerprint density at radius 1 is 1.30 bits per heavy atom. The minimum Gasteiger partial charge on any atom is -0.454 e. The van der Waals surface area contributed by atoms with Gasteiger partial charge in [-0.25, -0.2) is 8.42 Å². The number of amides is 1. The molecule has 0 fully saturated rings. The van der Waals surface area contributed by atoms with Crippen molar-refractivity contribution in [3.63, 3.8) is 0 Å². The van der Waals surface area contributed by atoms with E-state index in [2.05, 4.69) is 5.32 Å². The van der Waals surface area contributed by atoms with Gasteiger partial charge >= 0.3 is 0 Å². The van der Waals surface area contributed by atoms with Gasteiger partial charge in [-0.3, -0.25) is 4.79 Å². The van der Waals surface area contributed by atoms with Crippen molar-refractivity contribution >= 4 is 15.9 Å². The number of sulfonamides is 1. The van der Waals surface area contributed by atoms with Crippen LogP contribution >= 0.6 is 0 Å². The predicted molar refractivity (Wildman–Crippen MR) is 85.7 cm³/mol. The zero-order valence-electron chi connectivity index (χ0n) is 13.4. The molecule has 1 aromatic rings. The summed E-state index contributed by atoms with van der Waals surface area (Å²) < 4.78 is 35.7. The van der Waals surface area contributed by atoms with E-state index in [1.165, 1.54) is 4.31 Å². The van der Waals surface area contributed by atoms with E-state index >= 15 is 0 Å². The zero-order chi connectivity index (χ0) is 16.9. The van der Waals surface area contributed by atoms with Crippen molar-refractivity contribution in [3.05, 3.63) is 23.8 Å². The molecule has 128 valence electrons. The van der Waals surface area contributed by atoms with Crippen LogP contribution in [-0.2, 0) is 21.4 Å². The number of nitrogens with one attached hydrogen (secondary N) is 1. The van der Waals surface area contributed by atoms with Crippen molar-refractivity contribution in [2.75, 3.05) is 26.1 Å². The third-order valence-electron chi connectivity index (χ3n) is 3.43. The average Bonchev–Trinajstić information content (AvgIpc) is 2.95. The monoisotopic (exact) mass is 342 g/mol. The van der Waals surface area contributed by atoms with Crippen molar-refractivity contribution in [1.29, 1.82) is 0 Å². The summed E-state index contributed by atoms with van der Waals surface area (Å²) >= 11 is 0. The molecule has 2 rings (SSSR count). The minimum atomic E-state index is -3.41. The van der Waals surface area contributed by atoms with E-state index in [1.807, 2.05) is 6.92 Å². The predicted octanol–water partition coefficient (Wildman–Crippen LogP) is 1.09. The zero-order valence-corrected chi connectivity index (χ0v) is 14.2. The highest BCUT2D eigenvalue weighted by Gasteiger charge is 2.20. The molecule has 8 heteroatoms. The molecule has 0 unspecified atom stereocenters. The van der Waals surface area contributed by atoms with Gasteiger partial charge in [-0.05, 0) is 24.1 Å². The SMILES string of the molecule is CCCNC(=O)CCN(Cc1ccc2c(c1)OCO2)S(C)(=O)=O. The molecule has 23 heavy (non-hydrogen) atoms. The number of nitrogens with zero attached hydrogens (tertiary/aromatic N) is 1. The second-order valence-corrected chi connectivity index (χ2v) is 7.37. The molecule has 0 saturated heterocycles. The van der Waals surface area contributed by atoms with E-state index in [9.17, 15) is 13.2 Å². The Kier molecular flexibility index (Phi) is 5.84. The normalized spacial score (nSPS) is 13.3. The van der Waals surface area contributed by atoms with Crippen LogP contribution in [0.2, 0.25) is 0 Å². The van der Waals surface area contributed by atoms with Crippen LogP contribution in [0.1, 0.15) is 25.3 Å². The Labute approximate surface area is 136 Å². The maximum atomic E-state index is 11.9. The van der Waals surface area contributed by atoms with Crippen LogP contribution in [0.15, 0.2) is 18.2 Å². The Balaban J connectivity index is 2.00. The van der Waals surface area contributed by atoms with E-state index in [4.69, 9.17) is 9.47 Å². The van der Waals surface area contributed by atoms with Gasteiger partial charge in [0.2, 0.25) is 22.7 Å². The molecular formula is C15H22N2O5S. The van der Waals surface area contributed by atoms with Gasteiger partial charge in [0.25, 0.3) is 0 Å². The van der Waals surface area contributed by atoms with Gasteiger partial charge in [0.15, 0.2) is 11.5 Å². The van der Waals surface area contributed by atoms with Crippen molar-refractivity contribution in [1.82, 2.24) is 9.62 Å². The second kappa shape index (κ2) is 7.65. The fourth-order valence-corrected chi connectivity index (χ4v) is 2.99. The molecule has 0 spiro atoms. The molecule has 1 amide bonds. The van der Waals surface area contributed by atoms with Crippen LogP contribution in [0.4, 0.5) is 0 Å². The van der Waals surface area contributed by atoms with Crippen LogP contribution in [0.3, 0.4) is 0 Å². The van der Waals surface area contributed by atoms with Crippen LogP contribution in [-0.4, -0.2) is 44.8 Å². The third-order valence-corrected chi connectivity index (χ3v) is 4.68. The third kappa shape index (κ3) is 5.11. The molecule has 1 heterocycles. The van der Waals surface area contributed by atoms with Gasteiger partial charge in [-0.1, -0.05) is 13.0 Å². The maximum absolute atomic E-state index is 11.9. The number of ether oxygens (including phenoxy) is 2. The van der Waals surface area contributed by atoms with Crippen LogP contribution in [0.25, 0.3) is 0 Å². The minimum absolute atomic E-state index is 0.137. The summed E-state index contributed by atoms with van der Waals surface area (Å²) in [5.41, 5.74) is 0.786. The quantitative estimate of drug-likeness (QED) is 0.764. The van der Waals surface area contributed by atoms with Crippen LogP contribution < -0.4 is 14.8 Å². The lowest BCUT2D eigenvalue weighted by atomic mass is 10.2. The number of rotatable bonds is 8. The van der Waals surface area contributed by atoms with Gasteiger partial charge in [0.1, 0.15) is 0 Å². The molecular weight excluding hydrogens is 320 g/mol. The lowest BCUT2D eigenvalue weighted by Crippen LogP contribution is -2.34. The first-order valence-corrected chi connectivity index (χ1v) is 9.35. The van der Waals surface area contributed by atoms with E-state index in [0.717, 1.165) is 18.2 Å². The van der Waals surface area contributed by atoms with E-state index in [-0.39, 0.29) is 32.2 Å². The van der Waals surface area contributed by atoms with E-state index in [0.29, 0.717) is 18.0 Å². The molecule has 0 bridgehead atoms. The highest BCUT2D eigenvalue weighted by molar-refractivity contribution is 7.88. The summed E-state index contributed by atoms with van der Waals surface area (Å²) in [7, 11) is -3.41. The maximum Gasteiger partial charge on any atom is 0.231 e. The fraction of sp³-hybridized carbons (Fsp3) is 0.533. The standard InChI is InChI=1S/C15H22N2O5S/c1-3-7-16-15(18)6-8-17(23(2,19)20)10-12-4-5-13-14(9-12)22-11-21-13/h4-5,9H,3,6-8,10-11H2,1-2H3,(H,16,18). The van der Waals surface area contributed by atoms with Gasteiger partial charge in [-0.15, -0.1) is 0 Å². The Morgan fingerprint density at radius 3 is 2.74 bits per heavy atom. The Hall–Kier alpha value is -1.80. The molecule has 0 radical (unpaired) electrons. The largest absolute Gasteiger partial charge is 0.454 e.